The first-order valence-corrected chi connectivity index (χ1v) is 7.44. The van der Waals surface area contributed by atoms with Crippen molar-refractivity contribution in [2.75, 3.05) is 13.1 Å². The Morgan fingerprint density at radius 3 is 2.52 bits per heavy atom. The van der Waals surface area contributed by atoms with Crippen molar-refractivity contribution in [1.82, 2.24) is 4.90 Å². The lowest BCUT2D eigenvalue weighted by atomic mass is 9.96. The number of hydrogen-bond acceptors (Lipinski definition) is 2. The molecule has 2 fully saturated rings. The number of benzene rings is 1. The molecule has 1 atom stereocenters. The molecule has 0 spiro atoms. The summed E-state index contributed by atoms with van der Waals surface area (Å²) in [7, 11) is 0. The molecular weight excluding hydrogens is 311 g/mol. The van der Waals surface area contributed by atoms with Gasteiger partial charge in [-0.25, -0.2) is 0 Å². The molecule has 1 saturated carbocycles. The lowest BCUT2D eigenvalue weighted by Crippen LogP contribution is -2.39. The minimum Gasteiger partial charge on any atom is -0.480 e. The molecule has 1 aliphatic carbocycles. The molecule has 1 saturated heterocycles. The number of nitrogens with zero attached hydrogens (tertiary/aromatic N) is 1. The van der Waals surface area contributed by atoms with Gasteiger partial charge >= 0.3 is 12.1 Å². The number of halogens is 3. The van der Waals surface area contributed by atoms with Crippen molar-refractivity contribution in [2.45, 2.75) is 31.4 Å². The average molecular weight is 327 g/mol. The van der Waals surface area contributed by atoms with Gasteiger partial charge in [0, 0.05) is 19.0 Å². The van der Waals surface area contributed by atoms with E-state index in [2.05, 4.69) is 0 Å². The SMILES string of the molecule is O=C(O)C1(C(=O)N2CCC(c3cccc(C(F)(F)F)c3)C2)CC1. The first-order valence-electron chi connectivity index (χ1n) is 7.44. The van der Waals surface area contributed by atoms with Gasteiger partial charge in [-0.15, -0.1) is 0 Å². The van der Waals surface area contributed by atoms with Gasteiger partial charge in [-0.1, -0.05) is 18.2 Å². The van der Waals surface area contributed by atoms with Crippen molar-refractivity contribution >= 4 is 11.9 Å². The Morgan fingerprint density at radius 1 is 1.26 bits per heavy atom. The van der Waals surface area contributed by atoms with Crippen molar-refractivity contribution in [2.24, 2.45) is 5.41 Å². The smallest absolute Gasteiger partial charge is 0.416 e. The second-order valence-electron chi connectivity index (χ2n) is 6.25. The molecule has 124 valence electrons. The van der Waals surface area contributed by atoms with Gasteiger partial charge in [-0.05, 0) is 30.9 Å². The summed E-state index contributed by atoms with van der Waals surface area (Å²) in [6.45, 7) is 0.657. The first-order chi connectivity index (χ1) is 10.7. The van der Waals surface area contributed by atoms with E-state index in [4.69, 9.17) is 0 Å². The van der Waals surface area contributed by atoms with Crippen molar-refractivity contribution in [3.05, 3.63) is 35.4 Å². The number of likely N-dealkylation sites (tertiary alicyclic amines) is 1. The summed E-state index contributed by atoms with van der Waals surface area (Å²) in [5.74, 6) is -1.70. The molecule has 0 radical (unpaired) electrons. The highest BCUT2D eigenvalue weighted by molar-refractivity contribution is 6.04. The lowest BCUT2D eigenvalue weighted by molar-refractivity contribution is -0.153. The van der Waals surface area contributed by atoms with Crippen LogP contribution in [0.5, 0.6) is 0 Å². The molecule has 4 nitrogen and oxygen atoms in total. The van der Waals surface area contributed by atoms with Gasteiger partial charge < -0.3 is 10.0 Å². The van der Waals surface area contributed by atoms with Crippen LogP contribution in [0.1, 0.15) is 36.3 Å². The minimum atomic E-state index is -4.40. The number of amides is 1. The maximum Gasteiger partial charge on any atom is 0.416 e. The van der Waals surface area contributed by atoms with E-state index in [0.29, 0.717) is 31.4 Å². The molecular formula is C16H16F3NO3. The molecule has 2 aliphatic rings. The minimum absolute atomic E-state index is 0.189. The van der Waals surface area contributed by atoms with E-state index in [9.17, 15) is 27.9 Å². The van der Waals surface area contributed by atoms with Crippen LogP contribution in [0, 0.1) is 5.41 Å². The number of hydrogen-bond donors (Lipinski definition) is 1. The van der Waals surface area contributed by atoms with E-state index < -0.39 is 29.0 Å². The number of aliphatic carboxylic acids is 1. The Kier molecular flexibility index (Phi) is 3.61. The third kappa shape index (κ3) is 2.80. The van der Waals surface area contributed by atoms with Crippen LogP contribution in [0.4, 0.5) is 13.2 Å². The van der Waals surface area contributed by atoms with Crippen molar-refractivity contribution in [3.63, 3.8) is 0 Å². The quantitative estimate of drug-likeness (QED) is 0.869. The van der Waals surface area contributed by atoms with Crippen LogP contribution in [-0.2, 0) is 15.8 Å². The first kappa shape index (κ1) is 15.8. The predicted octanol–water partition coefficient (Wildman–Crippen LogP) is 2.89. The second-order valence-corrected chi connectivity index (χ2v) is 6.25. The Balaban J connectivity index is 1.73. The molecule has 1 amide bonds. The molecule has 0 aromatic heterocycles. The summed E-state index contributed by atoms with van der Waals surface area (Å²) in [5.41, 5.74) is -1.46. The van der Waals surface area contributed by atoms with E-state index in [0.717, 1.165) is 12.1 Å². The standard InChI is InChI=1S/C16H16F3NO3/c17-16(18,19)12-3-1-2-10(8-12)11-4-7-20(9-11)13(21)15(5-6-15)14(22)23/h1-3,8,11H,4-7,9H2,(H,22,23). The average Bonchev–Trinajstić information content (AvgIpc) is 3.17. The fraction of sp³-hybridized carbons (Fsp3) is 0.500. The molecule has 0 bridgehead atoms. The topological polar surface area (TPSA) is 57.6 Å². The van der Waals surface area contributed by atoms with Crippen LogP contribution >= 0.6 is 0 Å². The fourth-order valence-electron chi connectivity index (χ4n) is 3.13. The zero-order valence-electron chi connectivity index (χ0n) is 12.3. The third-order valence-corrected chi connectivity index (χ3v) is 4.73. The Morgan fingerprint density at radius 2 is 1.96 bits per heavy atom. The van der Waals surface area contributed by atoms with Gasteiger partial charge in [-0.3, -0.25) is 9.59 Å². The van der Waals surface area contributed by atoms with Crippen LogP contribution in [0.15, 0.2) is 24.3 Å². The van der Waals surface area contributed by atoms with Crippen LogP contribution in [-0.4, -0.2) is 35.0 Å². The van der Waals surface area contributed by atoms with E-state index in [1.54, 1.807) is 6.07 Å². The molecule has 1 unspecified atom stereocenters. The maximum atomic E-state index is 12.8. The van der Waals surface area contributed by atoms with E-state index >= 15 is 0 Å². The van der Waals surface area contributed by atoms with Gasteiger partial charge in [0.2, 0.25) is 5.91 Å². The van der Waals surface area contributed by atoms with E-state index in [1.807, 2.05) is 0 Å². The normalized spacial score (nSPS) is 22.9. The molecule has 1 heterocycles. The summed E-state index contributed by atoms with van der Waals surface area (Å²) in [5, 5.41) is 9.17. The molecule has 3 rings (SSSR count). The highest BCUT2D eigenvalue weighted by Gasteiger charge is 2.59. The Hall–Kier alpha value is -2.05. The predicted molar refractivity (Wildman–Crippen MR) is 74.7 cm³/mol. The summed E-state index contributed by atoms with van der Waals surface area (Å²) in [4.78, 5) is 25.0. The molecule has 1 aromatic rings. The summed E-state index contributed by atoms with van der Waals surface area (Å²) >= 11 is 0. The largest absolute Gasteiger partial charge is 0.480 e. The second kappa shape index (κ2) is 5.25. The van der Waals surface area contributed by atoms with E-state index in [-0.39, 0.29) is 12.5 Å². The van der Waals surface area contributed by atoms with Crippen molar-refractivity contribution in [3.8, 4) is 0 Å². The molecule has 1 N–H and O–H groups in total. The highest BCUT2D eigenvalue weighted by atomic mass is 19.4. The van der Waals surface area contributed by atoms with Crippen LogP contribution in [0.3, 0.4) is 0 Å². The van der Waals surface area contributed by atoms with Crippen molar-refractivity contribution < 1.29 is 27.9 Å². The van der Waals surface area contributed by atoms with Crippen LogP contribution in [0.2, 0.25) is 0 Å². The Labute approximate surface area is 130 Å². The Bertz CT molecular complexity index is 652. The summed E-state index contributed by atoms with van der Waals surface area (Å²) in [6.07, 6.45) is -3.17. The van der Waals surface area contributed by atoms with Crippen LogP contribution in [0.25, 0.3) is 0 Å². The van der Waals surface area contributed by atoms with Gasteiger partial charge in [0.25, 0.3) is 0 Å². The summed E-state index contributed by atoms with van der Waals surface area (Å²) in [6, 6.07) is 5.12. The van der Waals surface area contributed by atoms with Gasteiger partial charge in [0.1, 0.15) is 5.41 Å². The number of carboxylic acid groups (broad SMARTS) is 1. The fourth-order valence-corrected chi connectivity index (χ4v) is 3.13. The van der Waals surface area contributed by atoms with Gasteiger partial charge in [0.05, 0.1) is 5.56 Å². The van der Waals surface area contributed by atoms with Gasteiger partial charge in [0.15, 0.2) is 0 Å². The number of carbonyl (C=O) groups is 2. The summed E-state index contributed by atoms with van der Waals surface area (Å²) < 4.78 is 38.3. The number of carboxylic acids is 1. The maximum absolute atomic E-state index is 12.8. The van der Waals surface area contributed by atoms with Gasteiger partial charge in [-0.2, -0.15) is 13.2 Å². The molecule has 7 heteroatoms. The lowest BCUT2D eigenvalue weighted by Gasteiger charge is -2.21. The van der Waals surface area contributed by atoms with Crippen molar-refractivity contribution in [1.29, 1.82) is 0 Å². The van der Waals surface area contributed by atoms with E-state index in [1.165, 1.54) is 11.0 Å². The number of alkyl halides is 3. The number of rotatable bonds is 3. The zero-order valence-corrected chi connectivity index (χ0v) is 12.3. The monoisotopic (exact) mass is 327 g/mol. The number of carbonyl (C=O) groups excluding carboxylic acids is 1. The molecule has 1 aliphatic heterocycles. The highest BCUT2D eigenvalue weighted by Crippen LogP contribution is 2.48. The third-order valence-electron chi connectivity index (χ3n) is 4.73. The molecule has 1 aromatic carbocycles. The van der Waals surface area contributed by atoms with Crippen LogP contribution < -0.4 is 0 Å². The molecule has 23 heavy (non-hydrogen) atoms. The zero-order chi connectivity index (χ0) is 16.8.